The second-order valence-electron chi connectivity index (χ2n) is 5.21. The van der Waals surface area contributed by atoms with Gasteiger partial charge in [-0.3, -0.25) is 0 Å². The van der Waals surface area contributed by atoms with E-state index in [2.05, 4.69) is 49.5 Å². The van der Waals surface area contributed by atoms with Crippen molar-refractivity contribution in [3.63, 3.8) is 0 Å². The summed E-state index contributed by atoms with van der Waals surface area (Å²) in [6.45, 7) is 6.82. The Morgan fingerprint density at radius 1 is 0.895 bits per heavy atom. The topological polar surface area (TPSA) is 12.0 Å². The second-order valence-corrected chi connectivity index (χ2v) is 7.89. The molecule has 0 unspecified atom stereocenters. The molecule has 2 heteroatoms. The molecule has 0 radical (unpaired) electrons. The Bertz CT molecular complexity index is 291. The van der Waals surface area contributed by atoms with Gasteiger partial charge < -0.3 is 5.32 Å². The summed E-state index contributed by atoms with van der Waals surface area (Å²) in [5.41, 5.74) is 1.40. The monoisotopic (exact) mass is 279 g/mol. The summed E-state index contributed by atoms with van der Waals surface area (Å²) in [7, 11) is 0.285. The molecule has 0 heterocycles. The molecule has 0 aliphatic heterocycles. The molecule has 0 aliphatic rings. The molecular formula is C17H30NP. The fourth-order valence-corrected chi connectivity index (χ4v) is 4.84. The van der Waals surface area contributed by atoms with Crippen molar-refractivity contribution >= 4 is 7.92 Å². The first kappa shape index (κ1) is 16.7. The number of hydrogen-bond donors (Lipinski definition) is 1. The average Bonchev–Trinajstić information content (AvgIpc) is 2.46. The summed E-state index contributed by atoms with van der Waals surface area (Å²) in [4.78, 5) is 0. The minimum atomic E-state index is 0.285. The zero-order valence-corrected chi connectivity index (χ0v) is 13.6. The second kappa shape index (κ2) is 11.4. The van der Waals surface area contributed by atoms with Gasteiger partial charge in [0.05, 0.1) is 0 Å². The maximum absolute atomic E-state index is 3.60. The van der Waals surface area contributed by atoms with Crippen LogP contribution in [0.25, 0.3) is 0 Å². The van der Waals surface area contributed by atoms with E-state index in [-0.39, 0.29) is 7.92 Å². The lowest BCUT2D eigenvalue weighted by Crippen LogP contribution is -2.18. The number of nitrogens with one attached hydrogen (secondary N) is 1. The smallest absolute Gasteiger partial charge is 0.0205 e. The molecule has 1 aromatic rings. The lowest BCUT2D eigenvalue weighted by molar-refractivity contribution is 0.727. The van der Waals surface area contributed by atoms with Crippen molar-refractivity contribution in [3.8, 4) is 0 Å². The largest absolute Gasteiger partial charge is 0.312 e. The van der Waals surface area contributed by atoms with Crippen molar-refractivity contribution in [2.24, 2.45) is 0 Å². The lowest BCUT2D eigenvalue weighted by Gasteiger charge is -2.17. The van der Waals surface area contributed by atoms with Crippen LogP contribution in [0.4, 0.5) is 0 Å². The predicted molar refractivity (Wildman–Crippen MR) is 89.5 cm³/mol. The van der Waals surface area contributed by atoms with Gasteiger partial charge in [0, 0.05) is 6.54 Å². The Morgan fingerprint density at radius 2 is 1.53 bits per heavy atom. The number of rotatable bonds is 11. The third-order valence-electron chi connectivity index (χ3n) is 3.43. The van der Waals surface area contributed by atoms with E-state index in [1.54, 1.807) is 0 Å². The van der Waals surface area contributed by atoms with Crippen LogP contribution in [-0.4, -0.2) is 25.0 Å². The molecule has 0 saturated carbocycles. The highest BCUT2D eigenvalue weighted by Crippen LogP contribution is 2.36. The van der Waals surface area contributed by atoms with Crippen LogP contribution in [0.2, 0.25) is 0 Å². The highest BCUT2D eigenvalue weighted by molar-refractivity contribution is 7.57. The molecule has 19 heavy (non-hydrogen) atoms. The third-order valence-corrected chi connectivity index (χ3v) is 6.19. The van der Waals surface area contributed by atoms with Crippen LogP contribution in [0.5, 0.6) is 0 Å². The van der Waals surface area contributed by atoms with E-state index in [1.807, 2.05) is 0 Å². The highest BCUT2D eigenvalue weighted by Gasteiger charge is 2.06. The highest BCUT2D eigenvalue weighted by atomic mass is 31.1. The van der Waals surface area contributed by atoms with Gasteiger partial charge in [-0.1, -0.05) is 57.0 Å². The van der Waals surface area contributed by atoms with E-state index in [4.69, 9.17) is 0 Å². The van der Waals surface area contributed by atoms with Crippen LogP contribution in [0, 0.1) is 0 Å². The van der Waals surface area contributed by atoms with Crippen molar-refractivity contribution in [2.45, 2.75) is 46.1 Å². The average molecular weight is 279 g/mol. The zero-order valence-electron chi connectivity index (χ0n) is 12.7. The maximum atomic E-state index is 3.60. The lowest BCUT2D eigenvalue weighted by atomic mass is 10.2. The van der Waals surface area contributed by atoms with Gasteiger partial charge in [-0.15, -0.1) is 7.92 Å². The molecule has 0 amide bonds. The SMILES string of the molecule is CCCCP(CCCC)CCNCc1ccccc1. The minimum absolute atomic E-state index is 0.285. The Labute approximate surface area is 120 Å². The molecule has 1 aromatic carbocycles. The van der Waals surface area contributed by atoms with Gasteiger partial charge in [0.15, 0.2) is 0 Å². The van der Waals surface area contributed by atoms with Crippen LogP contribution in [0.3, 0.4) is 0 Å². The summed E-state index contributed by atoms with van der Waals surface area (Å²) in [6.07, 6.45) is 9.92. The summed E-state index contributed by atoms with van der Waals surface area (Å²) < 4.78 is 0. The van der Waals surface area contributed by atoms with Gasteiger partial charge in [-0.05, 0) is 43.4 Å². The first-order valence-corrected chi connectivity index (χ1v) is 9.73. The minimum Gasteiger partial charge on any atom is -0.312 e. The Balaban J connectivity index is 2.16. The van der Waals surface area contributed by atoms with Gasteiger partial charge in [-0.2, -0.15) is 0 Å². The van der Waals surface area contributed by atoms with E-state index < -0.39 is 0 Å². The molecule has 0 aliphatic carbocycles. The van der Waals surface area contributed by atoms with Crippen molar-refractivity contribution in [1.82, 2.24) is 5.32 Å². The number of benzene rings is 1. The third kappa shape index (κ3) is 8.39. The summed E-state index contributed by atoms with van der Waals surface area (Å²) >= 11 is 0. The van der Waals surface area contributed by atoms with Crippen LogP contribution >= 0.6 is 7.92 Å². The van der Waals surface area contributed by atoms with Crippen LogP contribution < -0.4 is 5.32 Å². The van der Waals surface area contributed by atoms with Crippen LogP contribution in [0.1, 0.15) is 45.1 Å². The fourth-order valence-electron chi connectivity index (χ4n) is 2.16. The molecule has 1 nitrogen and oxygen atoms in total. The van der Waals surface area contributed by atoms with Crippen molar-refractivity contribution in [2.75, 3.05) is 25.0 Å². The Morgan fingerprint density at radius 3 is 2.11 bits per heavy atom. The summed E-state index contributed by atoms with van der Waals surface area (Å²) in [6, 6.07) is 10.7. The molecule has 0 saturated heterocycles. The van der Waals surface area contributed by atoms with Gasteiger partial charge in [0.2, 0.25) is 0 Å². The van der Waals surface area contributed by atoms with Gasteiger partial charge in [0.25, 0.3) is 0 Å². The van der Waals surface area contributed by atoms with Crippen molar-refractivity contribution < 1.29 is 0 Å². The predicted octanol–water partition coefficient (Wildman–Crippen LogP) is 4.86. The fraction of sp³-hybridized carbons (Fsp3) is 0.647. The van der Waals surface area contributed by atoms with Crippen molar-refractivity contribution in [3.05, 3.63) is 35.9 Å². The molecule has 1 N–H and O–H groups in total. The van der Waals surface area contributed by atoms with E-state index in [1.165, 1.54) is 56.3 Å². The maximum Gasteiger partial charge on any atom is 0.0205 e. The normalized spacial score (nSPS) is 11.1. The van der Waals surface area contributed by atoms with Gasteiger partial charge in [0.1, 0.15) is 0 Å². The number of hydrogen-bond acceptors (Lipinski definition) is 1. The Kier molecular flexibility index (Phi) is 10.0. The van der Waals surface area contributed by atoms with Gasteiger partial charge >= 0.3 is 0 Å². The zero-order chi connectivity index (χ0) is 13.8. The molecule has 1 rings (SSSR count). The van der Waals surface area contributed by atoms with E-state index >= 15 is 0 Å². The molecule has 108 valence electrons. The molecule has 0 fully saturated rings. The number of unbranched alkanes of at least 4 members (excludes halogenated alkanes) is 2. The summed E-state index contributed by atoms with van der Waals surface area (Å²) in [5, 5.41) is 3.60. The molecular weight excluding hydrogens is 249 g/mol. The Hall–Kier alpha value is -0.390. The van der Waals surface area contributed by atoms with E-state index in [0.29, 0.717) is 0 Å². The molecule has 0 spiro atoms. The van der Waals surface area contributed by atoms with Gasteiger partial charge in [-0.25, -0.2) is 0 Å². The van der Waals surface area contributed by atoms with Crippen LogP contribution in [-0.2, 0) is 6.54 Å². The molecule has 0 atom stereocenters. The molecule has 0 bridgehead atoms. The first-order valence-electron chi connectivity index (χ1n) is 7.83. The summed E-state index contributed by atoms with van der Waals surface area (Å²) in [5.74, 6) is 0. The first-order chi connectivity index (χ1) is 9.36. The van der Waals surface area contributed by atoms with E-state index in [9.17, 15) is 0 Å². The van der Waals surface area contributed by atoms with E-state index in [0.717, 1.165) is 6.54 Å². The van der Waals surface area contributed by atoms with Crippen LogP contribution in [0.15, 0.2) is 30.3 Å². The quantitative estimate of drug-likeness (QED) is 0.450. The standard InChI is InChI=1S/C17H30NP/c1-3-5-13-19(14-6-4-2)15-12-18-16-17-10-8-7-9-11-17/h7-11,18H,3-6,12-16H2,1-2H3. The molecule has 0 aromatic heterocycles. The van der Waals surface area contributed by atoms with Crippen molar-refractivity contribution in [1.29, 1.82) is 0 Å².